The van der Waals surface area contributed by atoms with Gasteiger partial charge in [0.1, 0.15) is 0 Å². The lowest BCUT2D eigenvalue weighted by Gasteiger charge is -2.10. The van der Waals surface area contributed by atoms with E-state index in [0.717, 1.165) is 42.9 Å². The van der Waals surface area contributed by atoms with Crippen molar-refractivity contribution in [2.75, 3.05) is 27.4 Å². The van der Waals surface area contributed by atoms with E-state index in [9.17, 15) is 4.57 Å². The summed E-state index contributed by atoms with van der Waals surface area (Å²) in [5.41, 5.74) is 2.50. The Hall–Kier alpha value is -1.54. The lowest BCUT2D eigenvalue weighted by atomic mass is 9.99. The molecule has 0 spiro atoms. The molecule has 3 nitrogen and oxygen atoms in total. The Balaban J connectivity index is 2.30. The lowest BCUT2D eigenvalue weighted by Crippen LogP contribution is -2.15. The highest BCUT2D eigenvalue weighted by molar-refractivity contribution is 7.61. The molecule has 1 atom stereocenters. The number of benzene rings is 2. The van der Waals surface area contributed by atoms with Crippen LogP contribution in [-0.4, -0.2) is 27.4 Å². The topological polar surface area (TPSA) is 35.5 Å². The highest BCUT2D eigenvalue weighted by Crippen LogP contribution is 2.25. The smallest absolute Gasteiger partial charge is 0.385 e. The molecule has 0 radical (unpaired) electrons. The summed E-state index contributed by atoms with van der Waals surface area (Å²) < 4.78 is 23.4. The molecule has 0 bridgehead atoms. The maximum absolute atomic E-state index is 13.1. The molecule has 0 fully saturated rings. The average Bonchev–Trinajstić information content (AvgIpc) is 2.63. The van der Waals surface area contributed by atoms with Crippen LogP contribution in [0.1, 0.15) is 24.0 Å². The SMILES string of the molecule is COCCCc1cccc([P+](=O)c2ccccc2)c1CCCOC. The Morgan fingerprint density at radius 2 is 1.50 bits per heavy atom. The van der Waals surface area contributed by atoms with E-state index in [2.05, 4.69) is 6.07 Å². The quantitative estimate of drug-likeness (QED) is 0.487. The van der Waals surface area contributed by atoms with Crippen LogP contribution >= 0.6 is 7.80 Å². The molecule has 0 aliphatic heterocycles. The molecule has 2 aromatic carbocycles. The maximum Gasteiger partial charge on any atom is 0.415 e. The molecule has 1 unspecified atom stereocenters. The largest absolute Gasteiger partial charge is 0.415 e. The third-order valence-corrected chi connectivity index (χ3v) is 5.65. The second kappa shape index (κ2) is 10.4. The molecular formula is C20H26O3P+. The molecule has 2 aromatic rings. The number of rotatable bonds is 10. The summed E-state index contributed by atoms with van der Waals surface area (Å²) in [4.78, 5) is 0. The van der Waals surface area contributed by atoms with Gasteiger partial charge in [-0.05, 0) is 49.4 Å². The molecule has 0 aliphatic rings. The number of hydrogen-bond acceptors (Lipinski definition) is 3. The summed E-state index contributed by atoms with van der Waals surface area (Å²) in [6, 6.07) is 15.9. The molecule has 4 heteroatoms. The van der Waals surface area contributed by atoms with Gasteiger partial charge in [-0.25, -0.2) is 0 Å². The van der Waals surface area contributed by atoms with Gasteiger partial charge < -0.3 is 9.47 Å². The van der Waals surface area contributed by atoms with E-state index in [1.165, 1.54) is 11.1 Å². The second-order valence-corrected chi connectivity index (χ2v) is 7.32. The molecule has 0 aromatic heterocycles. The summed E-state index contributed by atoms with van der Waals surface area (Å²) in [5, 5.41) is 1.84. The van der Waals surface area contributed by atoms with Crippen LogP contribution < -0.4 is 10.6 Å². The summed E-state index contributed by atoms with van der Waals surface area (Å²) in [5.74, 6) is 0. The molecule has 0 heterocycles. The molecule has 24 heavy (non-hydrogen) atoms. The Morgan fingerprint density at radius 3 is 2.17 bits per heavy atom. The van der Waals surface area contributed by atoms with Crippen LogP contribution in [0.5, 0.6) is 0 Å². The minimum Gasteiger partial charge on any atom is -0.385 e. The van der Waals surface area contributed by atoms with Crippen molar-refractivity contribution in [3.05, 3.63) is 59.7 Å². The third kappa shape index (κ3) is 5.24. The zero-order valence-corrected chi connectivity index (χ0v) is 15.4. The van der Waals surface area contributed by atoms with Crippen molar-refractivity contribution in [1.82, 2.24) is 0 Å². The fourth-order valence-electron chi connectivity index (χ4n) is 2.84. The van der Waals surface area contributed by atoms with Gasteiger partial charge in [0.25, 0.3) is 0 Å². The molecular weight excluding hydrogens is 319 g/mol. The summed E-state index contributed by atoms with van der Waals surface area (Å²) in [7, 11) is 1.87. The molecule has 2 rings (SSSR count). The van der Waals surface area contributed by atoms with Gasteiger partial charge in [0, 0.05) is 33.0 Å². The first-order valence-corrected chi connectivity index (χ1v) is 9.65. The molecule has 0 saturated heterocycles. The van der Waals surface area contributed by atoms with Crippen molar-refractivity contribution in [3.8, 4) is 0 Å². The van der Waals surface area contributed by atoms with Gasteiger partial charge in [-0.2, -0.15) is 0 Å². The zero-order valence-electron chi connectivity index (χ0n) is 14.5. The van der Waals surface area contributed by atoms with E-state index in [1.54, 1.807) is 14.2 Å². The predicted molar refractivity (Wildman–Crippen MR) is 100 cm³/mol. The highest BCUT2D eigenvalue weighted by atomic mass is 31.1. The molecule has 0 saturated carbocycles. The Kier molecular flexibility index (Phi) is 8.11. The molecule has 0 amide bonds. The second-order valence-electron chi connectivity index (χ2n) is 5.74. The molecule has 0 N–H and O–H groups in total. The first-order valence-electron chi connectivity index (χ1n) is 8.39. The standard InChI is InChI=1S/C20H26O3P/c1-22-15-7-10-17-9-6-14-20(19(17)13-8-16-23-2)24(21)18-11-4-3-5-12-18/h3-6,9,11-12,14H,7-8,10,13,15-16H2,1-2H3/q+1. The van der Waals surface area contributed by atoms with E-state index >= 15 is 0 Å². The minimum atomic E-state index is -1.57. The normalized spacial score (nSPS) is 11.5. The Morgan fingerprint density at radius 1 is 0.833 bits per heavy atom. The van der Waals surface area contributed by atoms with Crippen molar-refractivity contribution in [3.63, 3.8) is 0 Å². The van der Waals surface area contributed by atoms with E-state index in [4.69, 9.17) is 9.47 Å². The molecule has 0 aliphatic carbocycles. The first-order chi connectivity index (χ1) is 11.8. The van der Waals surface area contributed by atoms with E-state index in [0.29, 0.717) is 6.61 Å². The van der Waals surface area contributed by atoms with Crippen LogP contribution in [0.3, 0.4) is 0 Å². The third-order valence-electron chi connectivity index (χ3n) is 4.03. The first kappa shape index (κ1) is 18.8. The number of methoxy groups -OCH3 is 2. The van der Waals surface area contributed by atoms with Gasteiger partial charge >= 0.3 is 7.80 Å². The van der Waals surface area contributed by atoms with Crippen molar-refractivity contribution in [2.24, 2.45) is 0 Å². The number of aryl methyl sites for hydroxylation is 1. The van der Waals surface area contributed by atoms with Gasteiger partial charge in [-0.1, -0.05) is 34.9 Å². The fraction of sp³-hybridized carbons (Fsp3) is 0.400. The van der Waals surface area contributed by atoms with Crippen LogP contribution in [0.4, 0.5) is 0 Å². The Bertz CT molecular complexity index is 641. The van der Waals surface area contributed by atoms with Crippen molar-refractivity contribution in [1.29, 1.82) is 0 Å². The van der Waals surface area contributed by atoms with Crippen molar-refractivity contribution >= 4 is 18.4 Å². The predicted octanol–water partition coefficient (Wildman–Crippen LogP) is 3.62. The van der Waals surface area contributed by atoms with E-state index < -0.39 is 7.80 Å². The van der Waals surface area contributed by atoms with E-state index in [1.807, 2.05) is 42.5 Å². The molecule has 128 valence electrons. The minimum absolute atomic E-state index is 0.716. The monoisotopic (exact) mass is 345 g/mol. The number of ether oxygens (including phenoxy) is 2. The summed E-state index contributed by atoms with van der Waals surface area (Å²) in [6.45, 7) is 1.46. The van der Waals surface area contributed by atoms with Crippen LogP contribution in [-0.2, 0) is 26.9 Å². The fourth-order valence-corrected chi connectivity index (χ4v) is 4.28. The average molecular weight is 345 g/mol. The zero-order chi connectivity index (χ0) is 17.2. The van der Waals surface area contributed by atoms with E-state index in [-0.39, 0.29) is 0 Å². The van der Waals surface area contributed by atoms with Gasteiger partial charge in [0.2, 0.25) is 0 Å². The number of hydrogen-bond donors (Lipinski definition) is 0. The van der Waals surface area contributed by atoms with Gasteiger partial charge in [-0.15, -0.1) is 0 Å². The summed E-state index contributed by atoms with van der Waals surface area (Å²) in [6.07, 6.45) is 3.74. The maximum atomic E-state index is 13.1. The lowest BCUT2D eigenvalue weighted by molar-refractivity contribution is 0.194. The van der Waals surface area contributed by atoms with Gasteiger partial charge in [0.15, 0.2) is 10.6 Å². The van der Waals surface area contributed by atoms with Crippen LogP contribution in [0.15, 0.2) is 48.5 Å². The van der Waals surface area contributed by atoms with Gasteiger partial charge in [0.05, 0.1) is 0 Å². The van der Waals surface area contributed by atoms with Crippen LogP contribution in [0, 0.1) is 0 Å². The van der Waals surface area contributed by atoms with Crippen LogP contribution in [0.2, 0.25) is 0 Å². The summed E-state index contributed by atoms with van der Waals surface area (Å²) >= 11 is 0. The van der Waals surface area contributed by atoms with Crippen molar-refractivity contribution < 1.29 is 14.0 Å². The Labute approximate surface area is 145 Å². The van der Waals surface area contributed by atoms with Crippen LogP contribution in [0.25, 0.3) is 0 Å². The van der Waals surface area contributed by atoms with Crippen molar-refractivity contribution in [2.45, 2.75) is 25.7 Å². The highest BCUT2D eigenvalue weighted by Gasteiger charge is 2.27. The van der Waals surface area contributed by atoms with Gasteiger partial charge in [-0.3, -0.25) is 0 Å².